The van der Waals surface area contributed by atoms with Gasteiger partial charge in [0.15, 0.2) is 5.82 Å². The normalized spacial score (nSPS) is 20.7. The van der Waals surface area contributed by atoms with Crippen molar-refractivity contribution >= 4 is 49.9 Å². The Morgan fingerprint density at radius 1 is 0.972 bits per heavy atom. The number of amides is 1. The van der Waals surface area contributed by atoms with Crippen molar-refractivity contribution < 1.29 is 13.6 Å². The molecule has 2 aliphatic heterocycles. The topological polar surface area (TPSA) is 53.4 Å². The largest absolute Gasteiger partial charge is 0.371 e. The number of nitrogens with zero attached hydrogens (tertiary/aromatic N) is 4. The predicted molar refractivity (Wildman–Crippen MR) is 142 cm³/mol. The maximum atomic E-state index is 13.7. The number of piperidine rings is 2. The molecule has 190 valence electrons. The van der Waals surface area contributed by atoms with Gasteiger partial charge in [-0.05, 0) is 61.4 Å². The Hall–Kier alpha value is -2.68. The van der Waals surface area contributed by atoms with Crippen molar-refractivity contribution in [3.05, 3.63) is 46.4 Å². The third-order valence-corrected chi connectivity index (χ3v) is 8.71. The fraction of sp³-hybridized carbons (Fsp3) is 0.481. The molecule has 3 aliphatic rings. The van der Waals surface area contributed by atoms with Crippen LogP contribution in [0.25, 0.3) is 10.9 Å². The Labute approximate surface area is 217 Å². The highest BCUT2D eigenvalue weighted by Crippen LogP contribution is 2.54. The van der Waals surface area contributed by atoms with E-state index in [9.17, 15) is 13.6 Å². The minimum Gasteiger partial charge on any atom is -0.371 e. The van der Waals surface area contributed by atoms with Crippen LogP contribution in [0.4, 0.5) is 26.0 Å². The summed E-state index contributed by atoms with van der Waals surface area (Å²) in [6, 6.07) is 11.5. The Morgan fingerprint density at radius 2 is 1.67 bits per heavy atom. The van der Waals surface area contributed by atoms with Crippen LogP contribution in [0.15, 0.2) is 40.9 Å². The third kappa shape index (κ3) is 4.35. The van der Waals surface area contributed by atoms with E-state index in [1.165, 1.54) is 25.7 Å². The van der Waals surface area contributed by atoms with Gasteiger partial charge in [0, 0.05) is 55.9 Å². The van der Waals surface area contributed by atoms with Gasteiger partial charge in [-0.1, -0.05) is 22.0 Å². The molecule has 2 saturated heterocycles. The van der Waals surface area contributed by atoms with Gasteiger partial charge in [-0.15, -0.1) is 0 Å². The lowest BCUT2D eigenvalue weighted by Gasteiger charge is -2.35. The predicted octanol–water partition coefficient (Wildman–Crippen LogP) is 6.20. The lowest BCUT2D eigenvalue weighted by Crippen LogP contribution is -2.39. The van der Waals surface area contributed by atoms with Gasteiger partial charge in [0.25, 0.3) is 11.8 Å². The van der Waals surface area contributed by atoms with Gasteiger partial charge in [-0.3, -0.25) is 9.48 Å². The summed E-state index contributed by atoms with van der Waals surface area (Å²) in [5.41, 5.74) is 3.59. The number of halogens is 3. The molecule has 1 N–H and O–H groups in total. The molecule has 0 atom stereocenters. The maximum absolute atomic E-state index is 13.7. The number of carbonyl (C=O) groups is 1. The summed E-state index contributed by atoms with van der Waals surface area (Å²) in [7, 11) is 1.83. The second-order valence-corrected chi connectivity index (χ2v) is 11.5. The van der Waals surface area contributed by atoms with Gasteiger partial charge in [0.05, 0.1) is 22.5 Å². The summed E-state index contributed by atoms with van der Waals surface area (Å²) in [6.45, 7) is 2.45. The van der Waals surface area contributed by atoms with Crippen LogP contribution < -0.4 is 15.1 Å². The molecule has 2 aromatic carbocycles. The highest BCUT2D eigenvalue weighted by Gasteiger charge is 2.44. The van der Waals surface area contributed by atoms with E-state index in [2.05, 4.69) is 31.2 Å². The summed E-state index contributed by atoms with van der Waals surface area (Å²) >= 11 is 3.58. The quantitative estimate of drug-likeness (QED) is 0.414. The first-order chi connectivity index (χ1) is 17.2. The first kappa shape index (κ1) is 23.7. The first-order valence-electron chi connectivity index (χ1n) is 12.7. The number of para-hydroxylation sites is 1. The number of carbonyl (C=O) groups excluding carboxylic acids is 1. The molecule has 1 aromatic heterocycles. The number of nitrogens with one attached hydrogen (secondary N) is 1. The minimum atomic E-state index is -2.61. The van der Waals surface area contributed by atoms with E-state index in [-0.39, 0.29) is 31.8 Å². The van der Waals surface area contributed by atoms with Crippen LogP contribution in [-0.2, 0) is 7.05 Å². The summed E-state index contributed by atoms with van der Waals surface area (Å²) in [6.07, 6.45) is 4.68. The van der Waals surface area contributed by atoms with Gasteiger partial charge >= 0.3 is 0 Å². The number of hydrogen-bond donors (Lipinski definition) is 1. The van der Waals surface area contributed by atoms with Crippen LogP contribution in [-0.4, -0.2) is 47.8 Å². The lowest BCUT2D eigenvalue weighted by atomic mass is 9.93. The van der Waals surface area contributed by atoms with Gasteiger partial charge in [-0.2, -0.15) is 5.10 Å². The molecule has 0 bridgehead atoms. The van der Waals surface area contributed by atoms with Crippen LogP contribution in [0.5, 0.6) is 0 Å². The number of alkyl halides is 2. The number of fused-ring (bicyclic) bond motifs is 1. The molecule has 0 unspecified atom stereocenters. The molecule has 0 radical (unpaired) electrons. The van der Waals surface area contributed by atoms with Crippen molar-refractivity contribution in [1.29, 1.82) is 0 Å². The SMILES string of the molecule is Cn1nc(N2CCC(F)(F)CC2)c2cccc(NC(=O)c3ccc(Br)cc3N3CCC4(CC3)CC4)c21. The van der Waals surface area contributed by atoms with Crippen LogP contribution in [0, 0.1) is 5.41 Å². The number of aromatic nitrogens is 2. The fourth-order valence-corrected chi connectivity index (χ4v) is 6.09. The molecule has 1 amide bonds. The summed E-state index contributed by atoms with van der Waals surface area (Å²) in [5.74, 6) is -2.10. The standard InChI is InChI=1S/C27H30BrF2N5O/c1-33-23-20(24(32-33)35-15-11-27(29,30)12-16-35)3-2-4-21(23)31-25(36)19-6-5-18(28)17-22(19)34-13-9-26(7-8-26)10-14-34/h2-6,17H,7-16H2,1H3,(H,31,36). The van der Waals surface area contributed by atoms with Crippen molar-refractivity contribution in [2.75, 3.05) is 41.3 Å². The van der Waals surface area contributed by atoms with Crippen molar-refractivity contribution in [3.8, 4) is 0 Å². The number of hydrogen-bond acceptors (Lipinski definition) is 4. The zero-order chi connectivity index (χ0) is 25.1. The molecule has 1 saturated carbocycles. The zero-order valence-electron chi connectivity index (χ0n) is 20.4. The van der Waals surface area contributed by atoms with E-state index in [1.54, 1.807) is 4.68 Å². The van der Waals surface area contributed by atoms with E-state index >= 15 is 0 Å². The number of rotatable bonds is 4. The number of aryl methyl sites for hydroxylation is 1. The average Bonchev–Trinajstić information content (AvgIpc) is 3.52. The van der Waals surface area contributed by atoms with Gasteiger partial charge in [0.2, 0.25) is 0 Å². The second-order valence-electron chi connectivity index (χ2n) is 10.6. The van der Waals surface area contributed by atoms with E-state index < -0.39 is 5.92 Å². The first-order valence-corrected chi connectivity index (χ1v) is 13.5. The lowest BCUT2D eigenvalue weighted by molar-refractivity contribution is -0.0221. The molecule has 3 heterocycles. The van der Waals surface area contributed by atoms with Gasteiger partial charge in [0.1, 0.15) is 0 Å². The highest BCUT2D eigenvalue weighted by molar-refractivity contribution is 9.10. The summed E-state index contributed by atoms with van der Waals surface area (Å²) in [5, 5.41) is 8.62. The van der Waals surface area contributed by atoms with Crippen LogP contribution in [0.1, 0.15) is 48.9 Å². The molecular weight excluding hydrogens is 528 g/mol. The highest BCUT2D eigenvalue weighted by atomic mass is 79.9. The van der Waals surface area contributed by atoms with E-state index in [4.69, 9.17) is 0 Å². The molecular formula is C27H30BrF2N5O. The average molecular weight is 558 g/mol. The molecule has 9 heteroatoms. The summed E-state index contributed by atoms with van der Waals surface area (Å²) < 4.78 is 30.1. The number of anilines is 3. The van der Waals surface area contributed by atoms with Crippen LogP contribution in [0.2, 0.25) is 0 Å². The molecule has 1 spiro atoms. The van der Waals surface area contributed by atoms with Crippen LogP contribution in [0.3, 0.4) is 0 Å². The minimum absolute atomic E-state index is 0.169. The molecule has 6 nitrogen and oxygen atoms in total. The maximum Gasteiger partial charge on any atom is 0.257 e. The Bertz CT molecular complexity index is 1320. The molecule has 36 heavy (non-hydrogen) atoms. The Balaban J connectivity index is 1.28. The fourth-order valence-electron chi connectivity index (χ4n) is 5.75. The Kier molecular flexibility index (Phi) is 5.74. The van der Waals surface area contributed by atoms with Gasteiger partial charge < -0.3 is 15.1 Å². The molecule has 3 aromatic rings. The molecule has 3 fully saturated rings. The van der Waals surface area contributed by atoms with E-state index in [0.717, 1.165) is 34.2 Å². The molecule has 6 rings (SSSR count). The zero-order valence-corrected chi connectivity index (χ0v) is 22.0. The van der Waals surface area contributed by atoms with Crippen molar-refractivity contribution in [2.45, 2.75) is 44.4 Å². The van der Waals surface area contributed by atoms with E-state index in [0.29, 0.717) is 22.5 Å². The second kappa shape index (κ2) is 8.71. The third-order valence-electron chi connectivity index (χ3n) is 8.21. The van der Waals surface area contributed by atoms with E-state index in [1.807, 2.05) is 48.3 Å². The molecule has 1 aliphatic carbocycles. The number of benzene rings is 2. The van der Waals surface area contributed by atoms with Crippen molar-refractivity contribution in [3.63, 3.8) is 0 Å². The van der Waals surface area contributed by atoms with Crippen molar-refractivity contribution in [2.24, 2.45) is 12.5 Å². The van der Waals surface area contributed by atoms with Gasteiger partial charge in [-0.25, -0.2) is 8.78 Å². The monoisotopic (exact) mass is 557 g/mol. The smallest absolute Gasteiger partial charge is 0.257 e. The Morgan fingerprint density at radius 3 is 2.36 bits per heavy atom. The summed E-state index contributed by atoms with van der Waals surface area (Å²) in [4.78, 5) is 17.8. The van der Waals surface area contributed by atoms with Crippen LogP contribution >= 0.6 is 15.9 Å². The van der Waals surface area contributed by atoms with Crippen molar-refractivity contribution in [1.82, 2.24) is 9.78 Å².